The molecule has 0 aromatic heterocycles. The molecule has 100 valence electrons. The molecule has 3 N–H and O–H groups in total. The van der Waals surface area contributed by atoms with Crippen LogP contribution in [0.15, 0.2) is 6.07 Å². The molecule has 1 aliphatic rings. The van der Waals surface area contributed by atoms with Gasteiger partial charge in [0.05, 0.1) is 7.11 Å². The van der Waals surface area contributed by atoms with E-state index in [1.54, 1.807) is 7.11 Å². The van der Waals surface area contributed by atoms with Crippen LogP contribution in [-0.4, -0.2) is 18.8 Å². The van der Waals surface area contributed by atoms with E-state index in [1.165, 1.54) is 0 Å². The van der Waals surface area contributed by atoms with Crippen molar-refractivity contribution in [1.29, 1.82) is 0 Å². The Labute approximate surface area is 113 Å². The van der Waals surface area contributed by atoms with Crippen LogP contribution in [0.25, 0.3) is 0 Å². The maximum atomic E-state index is 10.4. The Balaban J connectivity index is 2.60. The molecule has 0 atom stereocenters. The van der Waals surface area contributed by atoms with Crippen LogP contribution in [0.5, 0.6) is 11.5 Å². The number of rotatable bonds is 3. The maximum Gasteiger partial charge on any atom is 0.165 e. The van der Waals surface area contributed by atoms with Gasteiger partial charge in [-0.2, -0.15) is 0 Å². The van der Waals surface area contributed by atoms with Crippen molar-refractivity contribution in [3.63, 3.8) is 0 Å². The number of methoxy groups -OCH3 is 1. The number of aromatic hydroxyl groups is 1. The molecule has 0 bridgehead atoms. The Morgan fingerprint density at radius 1 is 1.44 bits per heavy atom. The monoisotopic (exact) mass is 269 g/mol. The fourth-order valence-electron chi connectivity index (χ4n) is 3.00. The molecule has 3 nitrogen and oxygen atoms in total. The molecule has 1 saturated carbocycles. The lowest BCUT2D eigenvalue weighted by atomic mass is 9.78. The molecule has 4 heteroatoms. The summed E-state index contributed by atoms with van der Waals surface area (Å²) in [5.41, 5.74) is 7.42. The van der Waals surface area contributed by atoms with Gasteiger partial charge in [-0.25, -0.2) is 0 Å². The fraction of sp³-hybridized carbons (Fsp3) is 0.571. The SMILES string of the molecule is COc1c(C)c(Cl)cc(C2(CN)CCCC2)c1O. The predicted molar refractivity (Wildman–Crippen MR) is 73.6 cm³/mol. The van der Waals surface area contributed by atoms with Gasteiger partial charge in [-0.05, 0) is 25.8 Å². The van der Waals surface area contributed by atoms with E-state index in [1.807, 2.05) is 13.0 Å². The normalized spacial score (nSPS) is 18.0. The van der Waals surface area contributed by atoms with Gasteiger partial charge in [0.2, 0.25) is 0 Å². The van der Waals surface area contributed by atoms with Gasteiger partial charge in [-0.15, -0.1) is 0 Å². The molecule has 0 saturated heterocycles. The molecule has 0 amide bonds. The van der Waals surface area contributed by atoms with Crippen molar-refractivity contribution in [2.24, 2.45) is 5.73 Å². The molecule has 0 heterocycles. The Kier molecular flexibility index (Phi) is 3.74. The van der Waals surface area contributed by atoms with Gasteiger partial charge in [0.1, 0.15) is 0 Å². The lowest BCUT2D eigenvalue weighted by molar-refractivity contribution is 0.352. The van der Waals surface area contributed by atoms with E-state index in [2.05, 4.69) is 0 Å². The first-order valence-corrected chi connectivity index (χ1v) is 6.70. The molecule has 1 aromatic carbocycles. The van der Waals surface area contributed by atoms with Crippen LogP contribution in [0.4, 0.5) is 0 Å². The summed E-state index contributed by atoms with van der Waals surface area (Å²) in [6, 6.07) is 1.85. The molecule has 18 heavy (non-hydrogen) atoms. The Bertz CT molecular complexity index is 454. The van der Waals surface area contributed by atoms with Gasteiger partial charge in [-0.1, -0.05) is 24.4 Å². The third-order valence-corrected chi connectivity index (χ3v) is 4.56. The van der Waals surface area contributed by atoms with Crippen LogP contribution in [-0.2, 0) is 5.41 Å². The zero-order chi connectivity index (χ0) is 13.3. The van der Waals surface area contributed by atoms with E-state index in [0.717, 1.165) is 36.8 Å². The molecule has 1 aliphatic carbocycles. The molecule has 1 fully saturated rings. The van der Waals surface area contributed by atoms with E-state index in [9.17, 15) is 5.11 Å². The molecule has 2 rings (SSSR count). The van der Waals surface area contributed by atoms with Crippen molar-refractivity contribution < 1.29 is 9.84 Å². The zero-order valence-electron chi connectivity index (χ0n) is 10.9. The van der Waals surface area contributed by atoms with Gasteiger partial charge in [0.25, 0.3) is 0 Å². The molecular formula is C14H20ClNO2. The van der Waals surface area contributed by atoms with Gasteiger partial charge in [-0.3, -0.25) is 0 Å². The smallest absolute Gasteiger partial charge is 0.165 e. The maximum absolute atomic E-state index is 10.4. The second-order valence-electron chi connectivity index (χ2n) is 5.10. The topological polar surface area (TPSA) is 55.5 Å². The fourth-order valence-corrected chi connectivity index (χ4v) is 3.20. The first-order chi connectivity index (χ1) is 8.55. The number of phenols is 1. The molecule has 0 spiro atoms. The summed E-state index contributed by atoms with van der Waals surface area (Å²) in [6.45, 7) is 2.37. The molecule has 0 aliphatic heterocycles. The summed E-state index contributed by atoms with van der Waals surface area (Å²) < 4.78 is 5.27. The van der Waals surface area contributed by atoms with Crippen LogP contribution >= 0.6 is 11.6 Å². The first kappa shape index (κ1) is 13.5. The number of ether oxygens (including phenoxy) is 1. The second kappa shape index (κ2) is 4.98. The third kappa shape index (κ3) is 1.95. The highest BCUT2D eigenvalue weighted by atomic mass is 35.5. The van der Waals surface area contributed by atoms with Crippen LogP contribution in [0.2, 0.25) is 5.02 Å². The van der Waals surface area contributed by atoms with Crippen LogP contribution in [0.1, 0.15) is 36.8 Å². The van der Waals surface area contributed by atoms with Gasteiger partial charge in [0.15, 0.2) is 11.5 Å². The Morgan fingerprint density at radius 2 is 2.06 bits per heavy atom. The minimum absolute atomic E-state index is 0.144. The van der Waals surface area contributed by atoms with E-state index < -0.39 is 0 Å². The zero-order valence-corrected chi connectivity index (χ0v) is 11.7. The quantitative estimate of drug-likeness (QED) is 0.886. The summed E-state index contributed by atoms with van der Waals surface area (Å²) in [6.07, 6.45) is 4.29. The van der Waals surface area contributed by atoms with Crippen molar-refractivity contribution in [1.82, 2.24) is 0 Å². The highest BCUT2D eigenvalue weighted by Gasteiger charge is 2.37. The minimum atomic E-state index is -0.144. The Morgan fingerprint density at radius 3 is 2.56 bits per heavy atom. The molecule has 1 aromatic rings. The average molecular weight is 270 g/mol. The van der Waals surface area contributed by atoms with Crippen molar-refractivity contribution in [2.75, 3.05) is 13.7 Å². The van der Waals surface area contributed by atoms with Gasteiger partial charge < -0.3 is 15.6 Å². The van der Waals surface area contributed by atoms with Crippen molar-refractivity contribution in [3.05, 3.63) is 22.2 Å². The number of hydrogen-bond acceptors (Lipinski definition) is 3. The number of halogens is 1. The number of phenolic OH excluding ortho intramolecular Hbond substituents is 1. The summed E-state index contributed by atoms with van der Waals surface area (Å²) >= 11 is 6.24. The minimum Gasteiger partial charge on any atom is -0.504 e. The van der Waals surface area contributed by atoms with Crippen molar-refractivity contribution in [3.8, 4) is 11.5 Å². The van der Waals surface area contributed by atoms with Crippen LogP contribution < -0.4 is 10.5 Å². The lowest BCUT2D eigenvalue weighted by Crippen LogP contribution is -2.32. The summed E-state index contributed by atoms with van der Waals surface area (Å²) in [7, 11) is 1.55. The van der Waals surface area contributed by atoms with Gasteiger partial charge >= 0.3 is 0 Å². The summed E-state index contributed by atoms with van der Waals surface area (Å²) in [5, 5.41) is 11.0. The highest BCUT2D eigenvalue weighted by molar-refractivity contribution is 6.31. The van der Waals surface area contributed by atoms with E-state index in [-0.39, 0.29) is 11.2 Å². The average Bonchev–Trinajstić information content (AvgIpc) is 2.84. The lowest BCUT2D eigenvalue weighted by Gasteiger charge is -2.30. The predicted octanol–water partition coefficient (Wildman–Crippen LogP) is 3.13. The largest absolute Gasteiger partial charge is 0.504 e. The first-order valence-electron chi connectivity index (χ1n) is 6.32. The summed E-state index contributed by atoms with van der Waals surface area (Å²) in [5.74, 6) is 0.670. The van der Waals surface area contributed by atoms with Crippen LogP contribution in [0, 0.1) is 6.92 Å². The van der Waals surface area contributed by atoms with E-state index >= 15 is 0 Å². The number of hydrogen-bond donors (Lipinski definition) is 2. The highest BCUT2D eigenvalue weighted by Crippen LogP contribution is 2.49. The third-order valence-electron chi connectivity index (χ3n) is 4.17. The number of benzene rings is 1. The molecular weight excluding hydrogens is 250 g/mol. The van der Waals surface area contributed by atoms with Gasteiger partial charge in [0, 0.05) is 28.1 Å². The molecule has 0 unspecified atom stereocenters. The molecule has 0 radical (unpaired) electrons. The van der Waals surface area contributed by atoms with Crippen molar-refractivity contribution in [2.45, 2.75) is 38.0 Å². The number of nitrogens with two attached hydrogens (primary N) is 1. The Hall–Kier alpha value is -0.930. The van der Waals surface area contributed by atoms with E-state index in [0.29, 0.717) is 17.3 Å². The van der Waals surface area contributed by atoms with Crippen molar-refractivity contribution >= 4 is 11.6 Å². The second-order valence-corrected chi connectivity index (χ2v) is 5.51. The van der Waals surface area contributed by atoms with Crippen LogP contribution in [0.3, 0.4) is 0 Å². The summed E-state index contributed by atoms with van der Waals surface area (Å²) in [4.78, 5) is 0. The van der Waals surface area contributed by atoms with E-state index in [4.69, 9.17) is 22.1 Å². The standard InChI is InChI=1S/C14H20ClNO2/c1-9-11(15)7-10(12(17)13(9)18-2)14(8-16)5-3-4-6-14/h7,17H,3-6,8,16H2,1-2H3.